The molecule has 2 aromatic rings. The van der Waals surface area contributed by atoms with Crippen molar-refractivity contribution in [3.05, 3.63) is 23.9 Å². The van der Waals surface area contributed by atoms with E-state index in [-0.39, 0.29) is 11.4 Å². The lowest BCUT2D eigenvalue weighted by Gasteiger charge is -2.08. The zero-order valence-electron chi connectivity index (χ0n) is 9.80. The maximum absolute atomic E-state index is 11.0. The summed E-state index contributed by atoms with van der Waals surface area (Å²) in [7, 11) is 3.03. The molecule has 2 N–H and O–H groups in total. The minimum Gasteiger partial charge on any atom is -0.493 e. The third-order valence-electron chi connectivity index (χ3n) is 2.41. The van der Waals surface area contributed by atoms with Crippen LogP contribution in [0.15, 0.2) is 18.2 Å². The van der Waals surface area contributed by atoms with Gasteiger partial charge in [0.15, 0.2) is 17.2 Å². The van der Waals surface area contributed by atoms with Gasteiger partial charge in [-0.15, -0.1) is 5.10 Å². The van der Waals surface area contributed by atoms with Crippen LogP contribution in [0.25, 0.3) is 11.3 Å². The van der Waals surface area contributed by atoms with Crippen molar-refractivity contribution >= 4 is 5.97 Å². The molecule has 0 bridgehead atoms. The van der Waals surface area contributed by atoms with Crippen molar-refractivity contribution < 1.29 is 19.4 Å². The molecule has 2 rings (SSSR count). The second-order valence-electron chi connectivity index (χ2n) is 3.40. The Morgan fingerprint density at radius 1 is 1.22 bits per heavy atom. The summed E-state index contributed by atoms with van der Waals surface area (Å²) in [6, 6.07) is 5.00. The fourth-order valence-corrected chi connectivity index (χ4v) is 1.56. The Morgan fingerprint density at radius 3 is 2.56 bits per heavy atom. The molecule has 7 heteroatoms. The zero-order chi connectivity index (χ0) is 13.1. The van der Waals surface area contributed by atoms with Crippen molar-refractivity contribution in [1.29, 1.82) is 0 Å². The third kappa shape index (κ3) is 1.97. The van der Waals surface area contributed by atoms with E-state index < -0.39 is 5.97 Å². The molecule has 1 aromatic carbocycles. The summed E-state index contributed by atoms with van der Waals surface area (Å²) in [6.45, 7) is 0. The Bertz CT molecular complexity index is 579. The van der Waals surface area contributed by atoms with Crippen molar-refractivity contribution in [3.63, 3.8) is 0 Å². The van der Waals surface area contributed by atoms with Crippen molar-refractivity contribution in [2.45, 2.75) is 0 Å². The number of carboxylic acids is 1. The SMILES string of the molecule is COc1ccc(-c2n[nH]nc2C(=O)O)cc1OC. The lowest BCUT2D eigenvalue weighted by Crippen LogP contribution is -1.99. The number of methoxy groups -OCH3 is 2. The van der Waals surface area contributed by atoms with E-state index in [1.807, 2.05) is 0 Å². The number of aromatic carboxylic acids is 1. The van der Waals surface area contributed by atoms with Gasteiger partial charge in [-0.3, -0.25) is 0 Å². The predicted molar refractivity (Wildman–Crippen MR) is 61.9 cm³/mol. The molecular weight excluding hydrogens is 238 g/mol. The summed E-state index contributed by atoms with van der Waals surface area (Å²) in [5, 5.41) is 18.7. The standard InChI is InChI=1S/C11H11N3O4/c1-17-7-4-3-6(5-8(7)18-2)9-10(11(15)16)13-14-12-9/h3-5H,1-2H3,(H,15,16)(H,12,13,14). The van der Waals surface area contributed by atoms with E-state index in [1.54, 1.807) is 18.2 Å². The van der Waals surface area contributed by atoms with E-state index in [0.29, 0.717) is 17.1 Å². The first-order valence-electron chi connectivity index (χ1n) is 5.03. The molecule has 0 radical (unpaired) electrons. The summed E-state index contributed by atoms with van der Waals surface area (Å²) in [5.74, 6) is -0.0931. The number of ether oxygens (including phenoxy) is 2. The first-order chi connectivity index (χ1) is 8.67. The van der Waals surface area contributed by atoms with Gasteiger partial charge in [0.1, 0.15) is 5.69 Å². The van der Waals surface area contributed by atoms with Crippen LogP contribution >= 0.6 is 0 Å². The molecule has 0 aliphatic heterocycles. The lowest BCUT2D eigenvalue weighted by atomic mass is 10.1. The molecule has 7 nitrogen and oxygen atoms in total. The number of hydrogen-bond acceptors (Lipinski definition) is 5. The van der Waals surface area contributed by atoms with Crippen molar-refractivity contribution in [1.82, 2.24) is 15.4 Å². The molecule has 0 fully saturated rings. The van der Waals surface area contributed by atoms with E-state index in [0.717, 1.165) is 0 Å². The maximum atomic E-state index is 11.0. The number of carbonyl (C=O) groups is 1. The van der Waals surface area contributed by atoms with Crippen LogP contribution < -0.4 is 9.47 Å². The van der Waals surface area contributed by atoms with Crippen LogP contribution in [-0.2, 0) is 0 Å². The highest BCUT2D eigenvalue weighted by molar-refractivity contribution is 5.92. The van der Waals surface area contributed by atoms with E-state index in [9.17, 15) is 4.79 Å². The molecule has 0 aliphatic carbocycles. The van der Waals surface area contributed by atoms with Gasteiger partial charge in [0.05, 0.1) is 14.2 Å². The van der Waals surface area contributed by atoms with Gasteiger partial charge in [-0.25, -0.2) is 4.79 Å². The third-order valence-corrected chi connectivity index (χ3v) is 2.41. The minimum absolute atomic E-state index is 0.137. The van der Waals surface area contributed by atoms with Crippen LogP contribution in [0.2, 0.25) is 0 Å². The monoisotopic (exact) mass is 249 g/mol. The number of aromatic amines is 1. The van der Waals surface area contributed by atoms with E-state index in [4.69, 9.17) is 14.6 Å². The minimum atomic E-state index is -1.14. The van der Waals surface area contributed by atoms with Gasteiger partial charge in [0.25, 0.3) is 0 Å². The highest BCUT2D eigenvalue weighted by atomic mass is 16.5. The van der Waals surface area contributed by atoms with Crippen LogP contribution in [0.1, 0.15) is 10.5 Å². The molecule has 0 amide bonds. The Kier molecular flexibility index (Phi) is 3.13. The molecule has 94 valence electrons. The number of carboxylic acid groups (broad SMARTS) is 1. The molecule has 0 atom stereocenters. The number of benzene rings is 1. The average molecular weight is 249 g/mol. The first kappa shape index (κ1) is 11.9. The first-order valence-corrected chi connectivity index (χ1v) is 5.03. The molecule has 18 heavy (non-hydrogen) atoms. The normalized spacial score (nSPS) is 10.1. The molecule has 1 aromatic heterocycles. The van der Waals surface area contributed by atoms with Crippen LogP contribution in [0.3, 0.4) is 0 Å². The van der Waals surface area contributed by atoms with Crippen molar-refractivity contribution in [2.75, 3.05) is 14.2 Å². The summed E-state index contributed by atoms with van der Waals surface area (Å²) >= 11 is 0. The maximum Gasteiger partial charge on any atom is 0.358 e. The van der Waals surface area contributed by atoms with Gasteiger partial charge in [-0.05, 0) is 18.2 Å². The highest BCUT2D eigenvalue weighted by Crippen LogP contribution is 2.32. The lowest BCUT2D eigenvalue weighted by molar-refractivity contribution is 0.0691. The van der Waals surface area contributed by atoms with Gasteiger partial charge in [-0.2, -0.15) is 10.3 Å². The Balaban J connectivity index is 2.51. The number of rotatable bonds is 4. The number of nitrogens with zero attached hydrogens (tertiary/aromatic N) is 2. The van der Waals surface area contributed by atoms with E-state index >= 15 is 0 Å². The fraction of sp³-hybridized carbons (Fsp3) is 0.182. The predicted octanol–water partition coefficient (Wildman–Crippen LogP) is 1.19. The number of nitrogens with one attached hydrogen (secondary N) is 1. The largest absolute Gasteiger partial charge is 0.493 e. The molecule has 0 spiro atoms. The smallest absolute Gasteiger partial charge is 0.358 e. The van der Waals surface area contributed by atoms with Gasteiger partial charge in [0.2, 0.25) is 0 Å². The molecule has 0 saturated heterocycles. The highest BCUT2D eigenvalue weighted by Gasteiger charge is 2.18. The Morgan fingerprint density at radius 2 is 1.94 bits per heavy atom. The Hall–Kier alpha value is -2.57. The summed E-state index contributed by atoms with van der Waals surface area (Å²) < 4.78 is 10.2. The van der Waals surface area contributed by atoms with Crippen molar-refractivity contribution in [2.24, 2.45) is 0 Å². The molecule has 1 heterocycles. The Labute approximate surface area is 102 Å². The van der Waals surface area contributed by atoms with Crippen molar-refractivity contribution in [3.8, 4) is 22.8 Å². The second-order valence-corrected chi connectivity index (χ2v) is 3.40. The van der Waals surface area contributed by atoms with Gasteiger partial charge in [-0.1, -0.05) is 0 Å². The van der Waals surface area contributed by atoms with E-state index in [2.05, 4.69) is 15.4 Å². The zero-order valence-corrected chi connectivity index (χ0v) is 9.80. The van der Waals surface area contributed by atoms with Crippen LogP contribution in [0.5, 0.6) is 11.5 Å². The number of hydrogen-bond donors (Lipinski definition) is 2. The summed E-state index contributed by atoms with van der Waals surface area (Å²) in [4.78, 5) is 11.0. The van der Waals surface area contributed by atoms with Crippen LogP contribution in [-0.4, -0.2) is 40.7 Å². The summed E-state index contributed by atoms with van der Waals surface area (Å²) in [5.41, 5.74) is 0.699. The molecular formula is C11H11N3O4. The molecule has 0 aliphatic rings. The summed E-state index contributed by atoms with van der Waals surface area (Å²) in [6.07, 6.45) is 0. The quantitative estimate of drug-likeness (QED) is 0.844. The molecule has 0 saturated carbocycles. The van der Waals surface area contributed by atoms with Gasteiger partial charge < -0.3 is 14.6 Å². The second kappa shape index (κ2) is 4.74. The fourth-order valence-electron chi connectivity index (χ4n) is 1.56. The van der Waals surface area contributed by atoms with Gasteiger partial charge in [0, 0.05) is 5.56 Å². The average Bonchev–Trinajstić information content (AvgIpc) is 2.87. The van der Waals surface area contributed by atoms with E-state index in [1.165, 1.54) is 14.2 Å². The van der Waals surface area contributed by atoms with Crippen LogP contribution in [0, 0.1) is 0 Å². The number of H-pyrrole nitrogens is 1. The molecule has 0 unspecified atom stereocenters. The topological polar surface area (TPSA) is 97.3 Å². The number of aromatic nitrogens is 3. The van der Waals surface area contributed by atoms with Crippen LogP contribution in [0.4, 0.5) is 0 Å². The van der Waals surface area contributed by atoms with Gasteiger partial charge >= 0.3 is 5.97 Å².